The fourth-order valence-electron chi connectivity index (χ4n) is 1.86. The summed E-state index contributed by atoms with van der Waals surface area (Å²) in [6.45, 7) is 1.98. The van der Waals surface area contributed by atoms with Crippen LogP contribution in [-0.4, -0.2) is 38.7 Å². The smallest absolute Gasteiger partial charge is 0.242 e. The fraction of sp³-hybridized carbons (Fsp3) is 0.467. The number of carbonyl (C=O) groups is 2. The highest BCUT2D eigenvalue weighted by atomic mass is 16.4. The number of carbonyl (C=O) groups excluding carboxylic acids is 2. The van der Waals surface area contributed by atoms with E-state index in [-0.39, 0.29) is 5.91 Å². The summed E-state index contributed by atoms with van der Waals surface area (Å²) < 4.78 is 0. The molecule has 2 N–H and O–H groups in total. The van der Waals surface area contributed by atoms with E-state index in [0.29, 0.717) is 6.54 Å². The molecule has 0 spiro atoms. The number of nitrogens with one attached hydrogen (secondary N) is 2. The van der Waals surface area contributed by atoms with Crippen LogP contribution < -0.4 is 20.6 Å². The highest BCUT2D eigenvalue weighted by molar-refractivity contribution is 5.84. The lowest BCUT2D eigenvalue weighted by Crippen LogP contribution is -2.49. The molecule has 0 aliphatic rings. The molecule has 2 amide bonds. The van der Waals surface area contributed by atoms with Crippen LogP contribution in [0.25, 0.3) is 0 Å². The van der Waals surface area contributed by atoms with Gasteiger partial charge in [0.25, 0.3) is 0 Å². The number of anilines is 1. The van der Waals surface area contributed by atoms with Gasteiger partial charge in [-0.25, -0.2) is 0 Å². The van der Waals surface area contributed by atoms with Crippen molar-refractivity contribution in [1.82, 2.24) is 10.6 Å². The van der Waals surface area contributed by atoms with Crippen molar-refractivity contribution in [2.75, 3.05) is 25.5 Å². The van der Waals surface area contributed by atoms with Gasteiger partial charge < -0.3 is 25.4 Å². The molecule has 0 saturated heterocycles. The van der Waals surface area contributed by atoms with E-state index in [0.717, 1.165) is 18.5 Å². The Morgan fingerprint density at radius 3 is 2.38 bits per heavy atom. The van der Waals surface area contributed by atoms with Crippen molar-refractivity contribution in [3.8, 4) is 0 Å². The van der Waals surface area contributed by atoms with Crippen LogP contribution in [0.15, 0.2) is 24.3 Å². The van der Waals surface area contributed by atoms with Crippen LogP contribution in [0.5, 0.6) is 0 Å². The number of rotatable bonds is 7. The summed E-state index contributed by atoms with van der Waals surface area (Å²) in [6.07, 6.45) is 0.208. The topological polar surface area (TPSA) is 84.5 Å². The first-order valence-corrected chi connectivity index (χ1v) is 6.91. The number of nitrogens with zero attached hydrogens (tertiary/aromatic N) is 1. The van der Waals surface area contributed by atoms with Crippen LogP contribution in [0.2, 0.25) is 0 Å². The van der Waals surface area contributed by atoms with Crippen molar-refractivity contribution in [2.24, 2.45) is 0 Å². The molecule has 6 nitrogen and oxygen atoms in total. The van der Waals surface area contributed by atoms with E-state index in [1.54, 1.807) is 0 Å². The predicted molar refractivity (Wildman–Crippen MR) is 80.1 cm³/mol. The molecule has 1 rings (SSSR count). The largest absolute Gasteiger partial charge is 0.530 e. The monoisotopic (exact) mass is 292 g/mol. The maximum absolute atomic E-state index is 11.5. The molecule has 1 aromatic rings. The first kappa shape index (κ1) is 16.8. The maximum atomic E-state index is 11.5. The average molecular weight is 292 g/mol. The number of benzene rings is 1. The first-order valence-electron chi connectivity index (χ1n) is 6.91. The Morgan fingerprint density at radius 1 is 1.24 bits per heavy atom. The van der Waals surface area contributed by atoms with Crippen LogP contribution in [-0.2, 0) is 11.2 Å². The van der Waals surface area contributed by atoms with Gasteiger partial charge in [-0.05, 0) is 37.5 Å². The third-order valence-electron chi connectivity index (χ3n) is 3.12. The second kappa shape index (κ2) is 8.14. The Labute approximate surface area is 125 Å². The zero-order valence-electron chi connectivity index (χ0n) is 12.7. The second-order valence-corrected chi connectivity index (χ2v) is 5.11. The molecular formula is C15H22N3O3-. The minimum absolute atomic E-state index is 0.345. The third-order valence-corrected chi connectivity index (χ3v) is 3.12. The molecule has 0 aliphatic carbocycles. The Morgan fingerprint density at radius 2 is 1.86 bits per heavy atom. The summed E-state index contributed by atoms with van der Waals surface area (Å²) in [7, 11) is 3.98. The quantitative estimate of drug-likeness (QED) is 0.699. The summed E-state index contributed by atoms with van der Waals surface area (Å²) in [5, 5.41) is 15.0. The minimum Gasteiger partial charge on any atom is -0.530 e. The Kier molecular flexibility index (Phi) is 6.52. The summed E-state index contributed by atoms with van der Waals surface area (Å²) >= 11 is 0. The van der Waals surface area contributed by atoms with Crippen molar-refractivity contribution in [3.63, 3.8) is 0 Å². The highest BCUT2D eigenvalue weighted by Crippen LogP contribution is 2.13. The van der Waals surface area contributed by atoms with Gasteiger partial charge in [-0.3, -0.25) is 4.79 Å². The highest BCUT2D eigenvalue weighted by Gasteiger charge is 2.10. The van der Waals surface area contributed by atoms with Crippen molar-refractivity contribution < 1.29 is 14.7 Å². The second-order valence-electron chi connectivity index (χ2n) is 5.11. The molecule has 0 aromatic heterocycles. The minimum atomic E-state index is -1.45. The maximum Gasteiger partial charge on any atom is 0.242 e. The van der Waals surface area contributed by atoms with Gasteiger partial charge in [-0.15, -0.1) is 0 Å². The van der Waals surface area contributed by atoms with E-state index in [2.05, 4.69) is 29.6 Å². The molecule has 0 heterocycles. The Hall–Kier alpha value is -2.24. The van der Waals surface area contributed by atoms with Gasteiger partial charge in [0, 0.05) is 26.3 Å². The zero-order valence-corrected chi connectivity index (χ0v) is 12.7. The van der Waals surface area contributed by atoms with Gasteiger partial charge >= 0.3 is 0 Å². The first-order chi connectivity index (χ1) is 9.90. The number of aryl methyl sites for hydroxylation is 1. The van der Waals surface area contributed by atoms with E-state index in [4.69, 9.17) is 0 Å². The lowest BCUT2D eigenvalue weighted by Gasteiger charge is -2.15. The van der Waals surface area contributed by atoms with Crippen LogP contribution in [0.1, 0.15) is 18.9 Å². The van der Waals surface area contributed by atoms with E-state index >= 15 is 0 Å². The molecule has 1 aromatic carbocycles. The van der Waals surface area contributed by atoms with Crippen molar-refractivity contribution in [1.29, 1.82) is 0 Å². The van der Waals surface area contributed by atoms with Crippen LogP contribution in [0.4, 0.5) is 10.5 Å². The number of hydrogen-bond acceptors (Lipinski definition) is 4. The molecule has 6 heteroatoms. The standard InChI is InChI=1S/C15H23N3O3/c1-11(17-15(20)21)14(19)16-10-4-5-12-6-8-13(9-7-12)18(2)3/h6-9,11,17H,4-5,10H2,1-3H3,(H,16,19)(H,20,21)/p-1. The van der Waals surface area contributed by atoms with E-state index in [1.165, 1.54) is 12.5 Å². The number of amides is 2. The molecule has 0 aliphatic heterocycles. The third kappa shape index (κ3) is 6.16. The summed E-state index contributed by atoms with van der Waals surface area (Å²) in [4.78, 5) is 23.9. The summed E-state index contributed by atoms with van der Waals surface area (Å²) in [5.74, 6) is -0.345. The van der Waals surface area contributed by atoms with E-state index in [9.17, 15) is 14.7 Å². The molecule has 0 radical (unpaired) electrons. The lowest BCUT2D eigenvalue weighted by molar-refractivity contribution is -0.251. The lowest BCUT2D eigenvalue weighted by atomic mass is 10.1. The molecular weight excluding hydrogens is 270 g/mol. The Bertz CT molecular complexity index is 472. The average Bonchev–Trinajstić information content (AvgIpc) is 2.43. The SMILES string of the molecule is CC(NC(=O)[O-])C(=O)NCCCc1ccc(N(C)C)cc1. The molecule has 1 unspecified atom stereocenters. The van der Waals surface area contributed by atoms with Crippen LogP contribution >= 0.6 is 0 Å². The van der Waals surface area contributed by atoms with Gasteiger partial charge in [0.05, 0.1) is 0 Å². The number of hydrogen-bond donors (Lipinski definition) is 2. The van der Waals surface area contributed by atoms with Gasteiger partial charge in [0.1, 0.15) is 12.1 Å². The molecule has 0 fully saturated rings. The fourth-order valence-corrected chi connectivity index (χ4v) is 1.86. The molecule has 0 saturated carbocycles. The van der Waals surface area contributed by atoms with E-state index < -0.39 is 12.1 Å². The zero-order chi connectivity index (χ0) is 15.8. The van der Waals surface area contributed by atoms with Crippen molar-refractivity contribution in [2.45, 2.75) is 25.8 Å². The van der Waals surface area contributed by atoms with E-state index in [1.807, 2.05) is 24.3 Å². The normalized spacial score (nSPS) is 11.6. The van der Waals surface area contributed by atoms with Gasteiger partial charge in [-0.1, -0.05) is 12.1 Å². The van der Waals surface area contributed by atoms with Crippen LogP contribution in [0.3, 0.4) is 0 Å². The Balaban J connectivity index is 2.27. The van der Waals surface area contributed by atoms with Gasteiger partial charge in [0.15, 0.2) is 0 Å². The van der Waals surface area contributed by atoms with Crippen LogP contribution in [0, 0.1) is 0 Å². The molecule has 0 bridgehead atoms. The summed E-state index contributed by atoms with van der Waals surface area (Å²) in [5.41, 5.74) is 2.35. The predicted octanol–water partition coefficient (Wildman–Crippen LogP) is 0.123. The van der Waals surface area contributed by atoms with Crippen molar-refractivity contribution >= 4 is 17.7 Å². The molecule has 21 heavy (non-hydrogen) atoms. The van der Waals surface area contributed by atoms with Gasteiger partial charge in [0.2, 0.25) is 5.91 Å². The number of carboxylic acid groups (broad SMARTS) is 1. The summed E-state index contributed by atoms with van der Waals surface area (Å²) in [6, 6.07) is 7.45. The molecule has 116 valence electrons. The molecule has 1 atom stereocenters. The van der Waals surface area contributed by atoms with Crippen molar-refractivity contribution in [3.05, 3.63) is 29.8 Å². The van der Waals surface area contributed by atoms with Gasteiger partial charge in [-0.2, -0.15) is 0 Å².